The zero-order valence-corrected chi connectivity index (χ0v) is 8.80. The first-order valence-corrected chi connectivity index (χ1v) is 4.42. The number of rotatable bonds is 3. The van der Waals surface area contributed by atoms with Crippen LogP contribution in [0.15, 0.2) is 12.1 Å². The Morgan fingerprint density at radius 3 is 2.40 bits per heavy atom. The molecule has 0 aromatic heterocycles. The van der Waals surface area contributed by atoms with Crippen molar-refractivity contribution in [2.45, 2.75) is 19.3 Å². The highest BCUT2D eigenvalue weighted by atomic mass is 19.1. The van der Waals surface area contributed by atoms with Gasteiger partial charge in [0.2, 0.25) is 0 Å². The van der Waals surface area contributed by atoms with E-state index in [9.17, 15) is 13.6 Å². The van der Waals surface area contributed by atoms with Crippen LogP contribution in [-0.2, 0) is 10.2 Å². The summed E-state index contributed by atoms with van der Waals surface area (Å²) in [7, 11) is 1.28. The lowest BCUT2D eigenvalue weighted by Crippen LogP contribution is -2.20. The van der Waals surface area contributed by atoms with Gasteiger partial charge >= 0.3 is 0 Å². The summed E-state index contributed by atoms with van der Waals surface area (Å²) in [6.07, 6.45) is 0.629. The van der Waals surface area contributed by atoms with Crippen LogP contribution in [-0.4, -0.2) is 13.4 Å². The molecule has 2 nitrogen and oxygen atoms in total. The van der Waals surface area contributed by atoms with E-state index < -0.39 is 17.0 Å². The second-order valence-corrected chi connectivity index (χ2v) is 3.81. The van der Waals surface area contributed by atoms with Crippen LogP contribution in [0.2, 0.25) is 0 Å². The number of benzene rings is 1. The maximum absolute atomic E-state index is 13.3. The Hall–Kier alpha value is -1.45. The standard InChI is InChI=1S/C11H12F2O2/c1-11(2,6-14)8-4-7(12)5-9(13)10(8)15-3/h4-6H,1-3H3. The first-order valence-electron chi connectivity index (χ1n) is 4.42. The van der Waals surface area contributed by atoms with Crippen molar-refractivity contribution in [2.75, 3.05) is 7.11 Å². The minimum Gasteiger partial charge on any atom is -0.493 e. The van der Waals surface area contributed by atoms with Gasteiger partial charge < -0.3 is 9.53 Å². The highest BCUT2D eigenvalue weighted by Gasteiger charge is 2.26. The van der Waals surface area contributed by atoms with Crippen molar-refractivity contribution in [3.8, 4) is 5.75 Å². The van der Waals surface area contributed by atoms with Crippen molar-refractivity contribution in [3.05, 3.63) is 29.3 Å². The van der Waals surface area contributed by atoms with E-state index in [1.807, 2.05) is 0 Å². The summed E-state index contributed by atoms with van der Waals surface area (Å²) in [5, 5.41) is 0. The molecule has 0 atom stereocenters. The predicted octanol–water partition coefficient (Wildman–Crippen LogP) is 2.45. The lowest BCUT2D eigenvalue weighted by molar-refractivity contribution is -0.111. The lowest BCUT2D eigenvalue weighted by Gasteiger charge is -2.20. The van der Waals surface area contributed by atoms with E-state index in [2.05, 4.69) is 0 Å². The Morgan fingerprint density at radius 2 is 1.93 bits per heavy atom. The average molecular weight is 214 g/mol. The second kappa shape index (κ2) is 3.96. The van der Waals surface area contributed by atoms with Crippen LogP contribution in [0.25, 0.3) is 0 Å². The maximum Gasteiger partial charge on any atom is 0.168 e. The van der Waals surface area contributed by atoms with Gasteiger partial charge in [0.15, 0.2) is 11.6 Å². The minimum atomic E-state index is -0.978. The molecular formula is C11H12F2O2. The van der Waals surface area contributed by atoms with E-state index in [4.69, 9.17) is 4.74 Å². The number of hydrogen-bond donors (Lipinski definition) is 0. The summed E-state index contributed by atoms with van der Waals surface area (Å²) in [5.74, 6) is -1.62. The molecule has 1 aromatic carbocycles. The van der Waals surface area contributed by atoms with Gasteiger partial charge in [-0.2, -0.15) is 0 Å². The summed E-state index contributed by atoms with van der Waals surface area (Å²) in [4.78, 5) is 10.8. The van der Waals surface area contributed by atoms with Crippen molar-refractivity contribution in [1.82, 2.24) is 0 Å². The largest absolute Gasteiger partial charge is 0.493 e. The van der Waals surface area contributed by atoms with Gasteiger partial charge in [0.05, 0.1) is 7.11 Å². The lowest BCUT2D eigenvalue weighted by atomic mass is 9.85. The SMILES string of the molecule is COc1c(F)cc(F)cc1C(C)(C)C=O. The van der Waals surface area contributed by atoms with Crippen LogP contribution in [0.1, 0.15) is 19.4 Å². The third-order valence-corrected chi connectivity index (χ3v) is 2.20. The van der Waals surface area contributed by atoms with E-state index in [0.29, 0.717) is 6.29 Å². The summed E-state index contributed by atoms with van der Waals surface area (Å²) in [6, 6.07) is 1.83. The maximum atomic E-state index is 13.3. The molecule has 15 heavy (non-hydrogen) atoms. The first-order chi connectivity index (χ1) is 6.92. The Balaban J connectivity index is 3.45. The zero-order chi connectivity index (χ0) is 11.6. The molecule has 0 saturated heterocycles. The molecular weight excluding hydrogens is 202 g/mol. The van der Waals surface area contributed by atoms with E-state index in [1.165, 1.54) is 7.11 Å². The van der Waals surface area contributed by atoms with Crippen LogP contribution >= 0.6 is 0 Å². The number of carbonyl (C=O) groups excluding carboxylic acids is 1. The summed E-state index contributed by atoms with van der Waals surface area (Å²) in [6.45, 7) is 3.13. The summed E-state index contributed by atoms with van der Waals surface area (Å²) < 4.78 is 31.1. The smallest absolute Gasteiger partial charge is 0.168 e. The van der Waals surface area contributed by atoms with E-state index >= 15 is 0 Å². The Kier molecular flexibility index (Phi) is 3.07. The van der Waals surface area contributed by atoms with Crippen molar-refractivity contribution in [3.63, 3.8) is 0 Å². The van der Waals surface area contributed by atoms with Gasteiger partial charge in [-0.3, -0.25) is 0 Å². The average Bonchev–Trinajstić information content (AvgIpc) is 2.16. The van der Waals surface area contributed by atoms with Gasteiger partial charge in [0.1, 0.15) is 12.1 Å². The van der Waals surface area contributed by atoms with Crippen LogP contribution in [0, 0.1) is 11.6 Å². The predicted molar refractivity (Wildman–Crippen MR) is 52.0 cm³/mol. The minimum absolute atomic E-state index is 0.0894. The topological polar surface area (TPSA) is 26.3 Å². The molecule has 0 radical (unpaired) electrons. The van der Waals surface area contributed by atoms with Crippen LogP contribution in [0.5, 0.6) is 5.75 Å². The number of hydrogen-bond acceptors (Lipinski definition) is 2. The Bertz CT molecular complexity index is 386. The highest BCUT2D eigenvalue weighted by molar-refractivity contribution is 5.69. The fourth-order valence-electron chi connectivity index (χ4n) is 1.31. The number of halogens is 2. The van der Waals surface area contributed by atoms with Crippen LogP contribution in [0.4, 0.5) is 8.78 Å². The van der Waals surface area contributed by atoms with E-state index in [1.54, 1.807) is 13.8 Å². The number of carbonyl (C=O) groups is 1. The quantitative estimate of drug-likeness (QED) is 0.722. The van der Waals surface area contributed by atoms with Gasteiger partial charge in [-0.15, -0.1) is 0 Å². The van der Waals surface area contributed by atoms with Crippen molar-refractivity contribution >= 4 is 6.29 Å². The van der Waals surface area contributed by atoms with Crippen LogP contribution in [0.3, 0.4) is 0 Å². The molecule has 0 aliphatic carbocycles. The molecule has 0 heterocycles. The van der Waals surface area contributed by atoms with Crippen molar-refractivity contribution < 1.29 is 18.3 Å². The second-order valence-electron chi connectivity index (χ2n) is 3.81. The number of ether oxygens (including phenoxy) is 1. The first kappa shape index (κ1) is 11.6. The Labute approximate surface area is 86.9 Å². The molecule has 0 aliphatic heterocycles. The molecule has 0 N–H and O–H groups in total. The van der Waals surface area contributed by atoms with Gasteiger partial charge in [-0.05, 0) is 19.9 Å². The molecule has 82 valence electrons. The molecule has 1 rings (SSSR count). The number of aldehydes is 1. The monoisotopic (exact) mass is 214 g/mol. The molecule has 0 bridgehead atoms. The van der Waals surface area contributed by atoms with Gasteiger partial charge in [0, 0.05) is 17.0 Å². The summed E-state index contributed by atoms with van der Waals surface area (Å²) in [5.41, 5.74) is -0.772. The Morgan fingerprint density at radius 1 is 1.33 bits per heavy atom. The fraction of sp³-hybridized carbons (Fsp3) is 0.364. The van der Waals surface area contributed by atoms with Crippen molar-refractivity contribution in [1.29, 1.82) is 0 Å². The van der Waals surface area contributed by atoms with Gasteiger partial charge in [-0.25, -0.2) is 8.78 Å². The van der Waals surface area contributed by atoms with E-state index in [0.717, 1.165) is 12.1 Å². The molecule has 0 aliphatic rings. The highest BCUT2D eigenvalue weighted by Crippen LogP contribution is 2.33. The van der Waals surface area contributed by atoms with Crippen LogP contribution < -0.4 is 4.74 Å². The summed E-state index contributed by atoms with van der Waals surface area (Å²) >= 11 is 0. The zero-order valence-electron chi connectivity index (χ0n) is 8.80. The molecule has 4 heteroatoms. The molecule has 1 aromatic rings. The van der Waals surface area contributed by atoms with Gasteiger partial charge in [-0.1, -0.05) is 0 Å². The molecule has 0 spiro atoms. The third-order valence-electron chi connectivity index (χ3n) is 2.20. The number of methoxy groups -OCH3 is 1. The van der Waals surface area contributed by atoms with Gasteiger partial charge in [0.25, 0.3) is 0 Å². The molecule has 0 amide bonds. The third kappa shape index (κ3) is 2.14. The van der Waals surface area contributed by atoms with Crippen molar-refractivity contribution in [2.24, 2.45) is 0 Å². The normalized spacial score (nSPS) is 11.3. The molecule has 0 fully saturated rings. The fourth-order valence-corrected chi connectivity index (χ4v) is 1.31. The molecule has 0 saturated carbocycles. The van der Waals surface area contributed by atoms with E-state index in [-0.39, 0.29) is 11.3 Å². The molecule has 0 unspecified atom stereocenters.